The van der Waals surface area contributed by atoms with Crippen LogP contribution in [0.4, 0.5) is 0 Å². The van der Waals surface area contributed by atoms with E-state index in [1.165, 1.54) is 0 Å². The van der Waals surface area contributed by atoms with Crippen LogP contribution in [-0.2, 0) is 28.5 Å². The maximum absolute atomic E-state index is 11.4. The fourth-order valence-corrected chi connectivity index (χ4v) is 1.86. The molecule has 2 rings (SSSR count). The first-order valence-corrected chi connectivity index (χ1v) is 7.22. The van der Waals surface area contributed by atoms with Crippen LogP contribution in [0.1, 0.15) is 26.7 Å². The summed E-state index contributed by atoms with van der Waals surface area (Å²) in [6, 6.07) is 0. The van der Waals surface area contributed by atoms with Crippen molar-refractivity contribution in [3.8, 4) is 0 Å². The number of hydrogen-bond donors (Lipinski definition) is 2. The van der Waals surface area contributed by atoms with E-state index in [4.69, 9.17) is 18.9 Å². The van der Waals surface area contributed by atoms with E-state index in [2.05, 4.69) is 0 Å². The van der Waals surface area contributed by atoms with Crippen molar-refractivity contribution in [2.24, 2.45) is 0 Å². The molecule has 0 aromatic heterocycles. The fourth-order valence-electron chi connectivity index (χ4n) is 1.86. The average molecular weight is 316 g/mol. The summed E-state index contributed by atoms with van der Waals surface area (Å²) in [5.74, 6) is -1.54. The van der Waals surface area contributed by atoms with Crippen LogP contribution in [0.5, 0.6) is 0 Å². The normalized spacial score (nSPS) is 32.4. The highest BCUT2D eigenvalue weighted by Crippen LogP contribution is 2.29. The minimum Gasteiger partial charge on any atom is -0.430 e. The van der Waals surface area contributed by atoms with Crippen LogP contribution in [0.25, 0.3) is 0 Å². The Hall–Kier alpha value is -1.48. The molecule has 8 heteroatoms. The third kappa shape index (κ3) is 4.51. The van der Waals surface area contributed by atoms with Crippen LogP contribution < -0.4 is 0 Å². The van der Waals surface area contributed by atoms with Crippen molar-refractivity contribution in [2.45, 2.75) is 63.7 Å². The molecule has 22 heavy (non-hydrogen) atoms. The van der Waals surface area contributed by atoms with Crippen LogP contribution in [0.2, 0.25) is 0 Å². The molecule has 0 bridgehead atoms. The van der Waals surface area contributed by atoms with Gasteiger partial charge in [-0.25, -0.2) is 9.59 Å². The maximum atomic E-state index is 11.4. The summed E-state index contributed by atoms with van der Waals surface area (Å²) in [5.41, 5.74) is 0. The van der Waals surface area contributed by atoms with Crippen LogP contribution in [0.3, 0.4) is 0 Å². The predicted molar refractivity (Wildman–Crippen MR) is 71.2 cm³/mol. The van der Waals surface area contributed by atoms with Crippen molar-refractivity contribution in [3.63, 3.8) is 0 Å². The number of rotatable bonds is 8. The van der Waals surface area contributed by atoms with E-state index in [1.807, 2.05) is 0 Å². The summed E-state index contributed by atoms with van der Waals surface area (Å²) >= 11 is 0. The summed E-state index contributed by atoms with van der Waals surface area (Å²) in [4.78, 5) is 22.9. The van der Waals surface area contributed by atoms with Crippen molar-refractivity contribution in [3.05, 3.63) is 12.2 Å². The second kappa shape index (κ2) is 7.19. The van der Waals surface area contributed by atoms with E-state index >= 15 is 0 Å². The van der Waals surface area contributed by atoms with Crippen molar-refractivity contribution >= 4 is 11.9 Å². The third-order valence-corrected chi connectivity index (χ3v) is 3.38. The van der Waals surface area contributed by atoms with Crippen LogP contribution in [-0.4, -0.2) is 59.1 Å². The number of epoxide rings is 2. The largest absolute Gasteiger partial charge is 0.430 e. The number of aliphatic hydroxyl groups excluding tert-OH is 2. The molecule has 2 aliphatic rings. The summed E-state index contributed by atoms with van der Waals surface area (Å²) in [6.07, 6.45) is -1.13. The predicted octanol–water partition coefficient (Wildman–Crippen LogP) is -0.379. The first-order chi connectivity index (χ1) is 10.5. The van der Waals surface area contributed by atoms with Crippen molar-refractivity contribution in [2.75, 3.05) is 0 Å². The topological polar surface area (TPSA) is 118 Å². The van der Waals surface area contributed by atoms with Gasteiger partial charge in [0.2, 0.25) is 12.6 Å². The van der Waals surface area contributed by atoms with Crippen molar-refractivity contribution in [1.82, 2.24) is 0 Å². The number of esters is 2. The van der Waals surface area contributed by atoms with Gasteiger partial charge in [-0.3, -0.25) is 0 Å². The van der Waals surface area contributed by atoms with Gasteiger partial charge in [0, 0.05) is 12.2 Å². The molecule has 0 saturated carbocycles. The summed E-state index contributed by atoms with van der Waals surface area (Å²) < 4.78 is 19.7. The lowest BCUT2D eigenvalue weighted by Gasteiger charge is -2.02. The summed E-state index contributed by atoms with van der Waals surface area (Å²) in [7, 11) is 0. The third-order valence-electron chi connectivity index (χ3n) is 3.38. The van der Waals surface area contributed by atoms with Gasteiger partial charge in [0.05, 0.1) is 12.2 Å². The van der Waals surface area contributed by atoms with Crippen LogP contribution in [0, 0.1) is 0 Å². The zero-order valence-electron chi connectivity index (χ0n) is 12.4. The van der Waals surface area contributed by atoms with Gasteiger partial charge >= 0.3 is 11.9 Å². The van der Waals surface area contributed by atoms with Gasteiger partial charge in [-0.05, 0) is 12.8 Å². The van der Waals surface area contributed by atoms with E-state index < -0.39 is 48.9 Å². The monoisotopic (exact) mass is 316 g/mol. The lowest BCUT2D eigenvalue weighted by molar-refractivity contribution is -0.145. The van der Waals surface area contributed by atoms with Gasteiger partial charge in [0.25, 0.3) is 0 Å². The zero-order valence-corrected chi connectivity index (χ0v) is 12.4. The summed E-state index contributed by atoms with van der Waals surface area (Å²) in [6.45, 7) is 3.56. The smallest absolute Gasteiger partial charge is 0.333 e. The molecule has 6 unspecified atom stereocenters. The number of carbonyl (C=O) groups excluding carboxylic acids is 2. The molecule has 124 valence electrons. The fraction of sp³-hybridized carbons (Fsp3) is 0.714. The number of carbonyl (C=O) groups is 2. The van der Waals surface area contributed by atoms with Gasteiger partial charge in [-0.15, -0.1) is 0 Å². The summed E-state index contributed by atoms with van der Waals surface area (Å²) in [5, 5.41) is 18.9. The molecule has 2 N–H and O–H groups in total. The Balaban J connectivity index is 1.65. The lowest BCUT2D eigenvalue weighted by atomic mass is 10.2. The minimum atomic E-state index is -0.779. The standard InChI is InChI=1S/C14H20O8/c1-3-7(15)11-13(21-11)19-9(17)5-6-10(18)20-14-12(22-14)8(16)4-2/h5-8,11-16H,3-4H2,1-2H3/b6-5+. The molecular weight excluding hydrogens is 296 g/mol. The molecule has 2 saturated heterocycles. The molecule has 0 spiro atoms. The number of ether oxygens (including phenoxy) is 4. The van der Waals surface area contributed by atoms with Crippen molar-refractivity contribution in [1.29, 1.82) is 0 Å². The molecular formula is C14H20O8. The Morgan fingerprint density at radius 2 is 1.32 bits per heavy atom. The molecule has 0 radical (unpaired) electrons. The molecule has 0 aromatic rings. The Kier molecular flexibility index (Phi) is 5.52. The van der Waals surface area contributed by atoms with E-state index in [9.17, 15) is 19.8 Å². The van der Waals surface area contributed by atoms with Crippen LogP contribution >= 0.6 is 0 Å². The van der Waals surface area contributed by atoms with Gasteiger partial charge < -0.3 is 29.2 Å². The van der Waals surface area contributed by atoms with Crippen LogP contribution in [0.15, 0.2) is 12.2 Å². The second-order valence-corrected chi connectivity index (χ2v) is 5.10. The molecule has 2 heterocycles. The Labute approximate surface area is 127 Å². The molecule has 6 atom stereocenters. The lowest BCUT2D eigenvalue weighted by Crippen LogP contribution is -2.18. The van der Waals surface area contributed by atoms with E-state index in [0.29, 0.717) is 12.8 Å². The van der Waals surface area contributed by atoms with Gasteiger partial charge in [0.15, 0.2) is 0 Å². The highest BCUT2D eigenvalue weighted by Gasteiger charge is 2.47. The SMILES string of the molecule is CCC(O)C1OC1OC(=O)/C=C/C(=O)OC1OC1C(O)CC. The van der Waals surface area contributed by atoms with Gasteiger partial charge in [-0.2, -0.15) is 0 Å². The number of aliphatic hydroxyl groups is 2. The van der Waals surface area contributed by atoms with Crippen molar-refractivity contribution < 1.29 is 38.7 Å². The zero-order chi connectivity index (χ0) is 16.3. The van der Waals surface area contributed by atoms with E-state index in [1.54, 1.807) is 13.8 Å². The molecule has 2 fully saturated rings. The van der Waals surface area contributed by atoms with Gasteiger partial charge in [-0.1, -0.05) is 13.8 Å². The second-order valence-electron chi connectivity index (χ2n) is 5.10. The highest BCUT2D eigenvalue weighted by molar-refractivity contribution is 5.91. The molecule has 0 aliphatic carbocycles. The Bertz CT molecular complexity index is 408. The number of hydrogen-bond acceptors (Lipinski definition) is 8. The molecule has 8 nitrogen and oxygen atoms in total. The maximum Gasteiger partial charge on any atom is 0.333 e. The molecule has 2 aliphatic heterocycles. The minimum absolute atomic E-state index is 0.493. The van der Waals surface area contributed by atoms with E-state index in [0.717, 1.165) is 12.2 Å². The highest BCUT2D eigenvalue weighted by atomic mass is 16.8. The Morgan fingerprint density at radius 3 is 1.64 bits per heavy atom. The quantitative estimate of drug-likeness (QED) is 0.353. The average Bonchev–Trinajstić information content (AvgIpc) is 3.40. The Morgan fingerprint density at radius 1 is 0.955 bits per heavy atom. The molecule has 0 amide bonds. The van der Waals surface area contributed by atoms with Gasteiger partial charge in [0.1, 0.15) is 12.2 Å². The molecule has 0 aromatic carbocycles. The first-order valence-electron chi connectivity index (χ1n) is 7.22. The van der Waals surface area contributed by atoms with E-state index in [-0.39, 0.29) is 0 Å². The first kappa shape index (κ1) is 16.9.